The van der Waals surface area contributed by atoms with Crippen LogP contribution < -0.4 is 0 Å². The monoisotopic (exact) mass is 336 g/mol. The van der Waals surface area contributed by atoms with E-state index >= 15 is 0 Å². The zero-order valence-electron chi connectivity index (χ0n) is 9.61. The standard InChI is InChI=1S/C15H13IO/c1-11-7-8-13(14(16)9-11)10-15(17)12-5-3-2-4-6-12/h2-9H,10H2,1H3. The molecule has 0 heterocycles. The largest absolute Gasteiger partial charge is 0.294 e. The molecule has 0 radical (unpaired) electrons. The topological polar surface area (TPSA) is 17.1 Å². The molecule has 0 aliphatic carbocycles. The molecule has 86 valence electrons. The lowest BCUT2D eigenvalue weighted by Gasteiger charge is -2.05. The summed E-state index contributed by atoms with van der Waals surface area (Å²) in [4.78, 5) is 12.0. The van der Waals surface area contributed by atoms with Gasteiger partial charge in [0.15, 0.2) is 5.78 Å². The van der Waals surface area contributed by atoms with E-state index in [0.717, 1.165) is 14.7 Å². The quantitative estimate of drug-likeness (QED) is 0.611. The molecular formula is C15H13IO. The van der Waals surface area contributed by atoms with E-state index in [4.69, 9.17) is 0 Å². The van der Waals surface area contributed by atoms with Crippen LogP contribution in [0.2, 0.25) is 0 Å². The highest BCUT2D eigenvalue weighted by molar-refractivity contribution is 14.1. The third-order valence-electron chi connectivity index (χ3n) is 2.66. The highest BCUT2D eigenvalue weighted by atomic mass is 127. The molecule has 0 unspecified atom stereocenters. The number of benzene rings is 2. The predicted octanol–water partition coefficient (Wildman–Crippen LogP) is 4.03. The van der Waals surface area contributed by atoms with Gasteiger partial charge in [-0.3, -0.25) is 4.79 Å². The summed E-state index contributed by atoms with van der Waals surface area (Å²) in [5.74, 6) is 0.173. The zero-order valence-corrected chi connectivity index (χ0v) is 11.8. The minimum Gasteiger partial charge on any atom is -0.294 e. The molecule has 2 aromatic carbocycles. The number of carbonyl (C=O) groups is 1. The average molecular weight is 336 g/mol. The zero-order chi connectivity index (χ0) is 12.3. The molecule has 0 atom stereocenters. The van der Waals surface area contributed by atoms with Crippen molar-refractivity contribution in [2.45, 2.75) is 13.3 Å². The molecule has 0 amide bonds. The lowest BCUT2D eigenvalue weighted by Crippen LogP contribution is -2.04. The summed E-state index contributed by atoms with van der Waals surface area (Å²) >= 11 is 2.29. The Kier molecular flexibility index (Phi) is 3.94. The summed E-state index contributed by atoms with van der Waals surface area (Å²) < 4.78 is 1.16. The first-order chi connectivity index (χ1) is 8.16. The summed E-state index contributed by atoms with van der Waals surface area (Å²) in [7, 11) is 0. The first-order valence-electron chi connectivity index (χ1n) is 5.50. The number of halogens is 1. The molecule has 0 saturated heterocycles. The fraction of sp³-hybridized carbons (Fsp3) is 0.133. The van der Waals surface area contributed by atoms with Crippen LogP contribution >= 0.6 is 22.6 Å². The molecular weight excluding hydrogens is 323 g/mol. The van der Waals surface area contributed by atoms with Gasteiger partial charge in [0.1, 0.15) is 0 Å². The molecule has 0 aromatic heterocycles. The van der Waals surface area contributed by atoms with Gasteiger partial charge in [0, 0.05) is 15.6 Å². The van der Waals surface area contributed by atoms with E-state index in [1.807, 2.05) is 36.4 Å². The molecule has 0 spiro atoms. The second-order valence-electron chi connectivity index (χ2n) is 4.06. The number of carbonyl (C=O) groups excluding carboxylic acids is 1. The van der Waals surface area contributed by atoms with Crippen LogP contribution in [-0.2, 0) is 6.42 Å². The number of ketones is 1. The van der Waals surface area contributed by atoms with E-state index in [-0.39, 0.29) is 5.78 Å². The lowest BCUT2D eigenvalue weighted by molar-refractivity contribution is 0.0993. The summed E-state index contributed by atoms with van der Waals surface area (Å²) in [6, 6.07) is 15.6. The Morgan fingerprint density at radius 2 is 1.82 bits per heavy atom. The molecule has 0 aliphatic rings. The Hall–Kier alpha value is -1.16. The van der Waals surface area contributed by atoms with Crippen molar-refractivity contribution >= 4 is 28.4 Å². The van der Waals surface area contributed by atoms with Crippen LogP contribution in [0.1, 0.15) is 21.5 Å². The highest BCUT2D eigenvalue weighted by Crippen LogP contribution is 2.16. The van der Waals surface area contributed by atoms with Crippen molar-refractivity contribution in [3.05, 3.63) is 68.8 Å². The number of hydrogen-bond acceptors (Lipinski definition) is 1. The van der Waals surface area contributed by atoms with Crippen LogP contribution in [0.4, 0.5) is 0 Å². The van der Waals surface area contributed by atoms with Crippen molar-refractivity contribution in [1.82, 2.24) is 0 Å². The molecule has 2 rings (SSSR count). The third kappa shape index (κ3) is 3.16. The van der Waals surface area contributed by atoms with Gasteiger partial charge in [-0.15, -0.1) is 0 Å². The Bertz CT molecular complexity index is 532. The lowest BCUT2D eigenvalue weighted by atomic mass is 10.0. The van der Waals surface area contributed by atoms with Gasteiger partial charge in [0.25, 0.3) is 0 Å². The number of rotatable bonds is 3. The molecule has 2 aromatic rings. The maximum Gasteiger partial charge on any atom is 0.167 e. The molecule has 0 bridgehead atoms. The van der Waals surface area contributed by atoms with Gasteiger partial charge in [-0.25, -0.2) is 0 Å². The van der Waals surface area contributed by atoms with Gasteiger partial charge in [-0.1, -0.05) is 48.0 Å². The molecule has 0 aliphatic heterocycles. The molecule has 0 fully saturated rings. The average Bonchev–Trinajstić information content (AvgIpc) is 2.34. The molecule has 17 heavy (non-hydrogen) atoms. The molecule has 0 saturated carbocycles. The fourth-order valence-electron chi connectivity index (χ4n) is 1.69. The number of aryl methyl sites for hydroxylation is 1. The van der Waals surface area contributed by atoms with Gasteiger partial charge < -0.3 is 0 Å². The van der Waals surface area contributed by atoms with Crippen molar-refractivity contribution in [3.63, 3.8) is 0 Å². The number of hydrogen-bond donors (Lipinski definition) is 0. The van der Waals surface area contributed by atoms with E-state index in [0.29, 0.717) is 6.42 Å². The van der Waals surface area contributed by atoms with Gasteiger partial charge in [-0.2, -0.15) is 0 Å². The second-order valence-corrected chi connectivity index (χ2v) is 5.22. The second kappa shape index (κ2) is 5.45. The van der Waals surface area contributed by atoms with E-state index in [1.54, 1.807) is 0 Å². The van der Waals surface area contributed by atoms with Gasteiger partial charge in [0.05, 0.1) is 0 Å². The van der Waals surface area contributed by atoms with Crippen molar-refractivity contribution in [1.29, 1.82) is 0 Å². The first-order valence-corrected chi connectivity index (χ1v) is 6.58. The van der Waals surface area contributed by atoms with E-state index in [2.05, 4.69) is 41.6 Å². The van der Waals surface area contributed by atoms with E-state index < -0.39 is 0 Å². The first kappa shape index (κ1) is 12.3. The Balaban J connectivity index is 2.19. The summed E-state index contributed by atoms with van der Waals surface area (Å²) in [5.41, 5.74) is 3.11. The van der Waals surface area contributed by atoms with Crippen LogP contribution in [0, 0.1) is 10.5 Å². The fourth-order valence-corrected chi connectivity index (χ4v) is 2.56. The highest BCUT2D eigenvalue weighted by Gasteiger charge is 2.08. The summed E-state index contributed by atoms with van der Waals surface area (Å²) in [5, 5.41) is 0. The minimum absolute atomic E-state index is 0.173. The summed E-state index contributed by atoms with van der Waals surface area (Å²) in [6.45, 7) is 2.06. The van der Waals surface area contributed by atoms with E-state index in [1.165, 1.54) is 5.56 Å². The molecule has 1 nitrogen and oxygen atoms in total. The van der Waals surface area contributed by atoms with Crippen LogP contribution in [0.5, 0.6) is 0 Å². The van der Waals surface area contributed by atoms with Gasteiger partial charge >= 0.3 is 0 Å². The number of Topliss-reactive ketones (excluding diaryl/α,β-unsaturated/α-hetero) is 1. The molecule has 2 heteroatoms. The van der Waals surface area contributed by atoms with Crippen LogP contribution in [0.3, 0.4) is 0 Å². The Morgan fingerprint density at radius 3 is 2.47 bits per heavy atom. The molecule has 0 N–H and O–H groups in total. The van der Waals surface area contributed by atoms with Crippen LogP contribution in [-0.4, -0.2) is 5.78 Å². The van der Waals surface area contributed by atoms with Crippen LogP contribution in [0.25, 0.3) is 0 Å². The van der Waals surface area contributed by atoms with E-state index in [9.17, 15) is 4.79 Å². The van der Waals surface area contributed by atoms with Crippen molar-refractivity contribution < 1.29 is 4.79 Å². The maximum absolute atomic E-state index is 12.0. The Morgan fingerprint density at radius 1 is 1.12 bits per heavy atom. The van der Waals surface area contributed by atoms with Crippen LogP contribution in [0.15, 0.2) is 48.5 Å². The normalized spacial score (nSPS) is 10.2. The van der Waals surface area contributed by atoms with Crippen molar-refractivity contribution in [2.24, 2.45) is 0 Å². The Labute approximate surface area is 115 Å². The minimum atomic E-state index is 0.173. The summed E-state index contributed by atoms with van der Waals surface area (Å²) in [6.07, 6.45) is 0.475. The van der Waals surface area contributed by atoms with Gasteiger partial charge in [-0.05, 0) is 41.1 Å². The van der Waals surface area contributed by atoms with Crippen molar-refractivity contribution in [2.75, 3.05) is 0 Å². The third-order valence-corrected chi connectivity index (χ3v) is 3.66. The predicted molar refractivity (Wildman–Crippen MR) is 78.4 cm³/mol. The maximum atomic E-state index is 12.0. The van der Waals surface area contributed by atoms with Crippen molar-refractivity contribution in [3.8, 4) is 0 Å². The SMILES string of the molecule is Cc1ccc(CC(=O)c2ccccc2)c(I)c1. The smallest absolute Gasteiger partial charge is 0.167 e. The van der Waals surface area contributed by atoms with Gasteiger partial charge in [0.2, 0.25) is 0 Å².